The van der Waals surface area contributed by atoms with Gasteiger partial charge in [-0.3, -0.25) is 4.79 Å². The lowest BCUT2D eigenvalue weighted by Crippen LogP contribution is -2.24. The number of methoxy groups -OCH3 is 1. The zero-order chi connectivity index (χ0) is 13.7. The minimum absolute atomic E-state index is 0.0248. The van der Waals surface area contributed by atoms with Crippen LogP contribution < -0.4 is 10.2 Å². The second-order valence-corrected chi connectivity index (χ2v) is 5.00. The summed E-state index contributed by atoms with van der Waals surface area (Å²) in [4.78, 5) is 12.1. The van der Waals surface area contributed by atoms with Crippen molar-refractivity contribution >= 4 is 29.5 Å². The predicted molar refractivity (Wildman–Crippen MR) is 78.6 cm³/mol. The van der Waals surface area contributed by atoms with E-state index in [-0.39, 0.29) is 5.91 Å². The fourth-order valence-electron chi connectivity index (χ4n) is 1.73. The Morgan fingerprint density at radius 1 is 1.32 bits per heavy atom. The van der Waals surface area contributed by atoms with Gasteiger partial charge in [-0.1, -0.05) is 6.08 Å². The minimum atomic E-state index is -0.0248. The van der Waals surface area contributed by atoms with Crippen molar-refractivity contribution in [3.8, 4) is 5.75 Å². The predicted octanol–water partition coefficient (Wildman–Crippen LogP) is 2.70. The maximum atomic E-state index is 11.0. The zero-order valence-corrected chi connectivity index (χ0v) is 11.8. The monoisotopic (exact) mass is 276 g/mol. The summed E-state index contributed by atoms with van der Waals surface area (Å²) in [6.45, 7) is 0. The molecular weight excluding hydrogens is 260 g/mol. The van der Waals surface area contributed by atoms with Crippen molar-refractivity contribution in [2.24, 2.45) is 5.10 Å². The molecule has 0 saturated carbocycles. The van der Waals surface area contributed by atoms with Gasteiger partial charge in [0.25, 0.3) is 0 Å². The van der Waals surface area contributed by atoms with Crippen molar-refractivity contribution in [2.45, 2.75) is 17.7 Å². The molecule has 1 aliphatic rings. The maximum Gasteiger partial charge on any atom is 0.240 e. The van der Waals surface area contributed by atoms with Gasteiger partial charge in [0.2, 0.25) is 5.91 Å². The molecule has 0 saturated heterocycles. The number of thioether (sulfide) groups is 1. The van der Waals surface area contributed by atoms with Crippen molar-refractivity contribution in [1.29, 1.82) is 0 Å². The Balaban J connectivity index is 2.16. The van der Waals surface area contributed by atoms with Gasteiger partial charge in [-0.15, -0.1) is 11.8 Å². The van der Waals surface area contributed by atoms with Crippen LogP contribution in [0.25, 0.3) is 6.08 Å². The van der Waals surface area contributed by atoms with Gasteiger partial charge in [0, 0.05) is 17.7 Å². The van der Waals surface area contributed by atoms with Gasteiger partial charge in [0.1, 0.15) is 5.75 Å². The fourth-order valence-corrected chi connectivity index (χ4v) is 2.21. The molecule has 1 N–H and O–H groups in total. The quantitative estimate of drug-likeness (QED) is 0.860. The second kappa shape index (κ2) is 6.43. The lowest BCUT2D eigenvalue weighted by atomic mass is 10.1. The normalized spacial score (nSPS) is 15.3. The molecule has 4 nitrogen and oxygen atoms in total. The first-order valence-corrected chi connectivity index (χ1v) is 7.20. The van der Waals surface area contributed by atoms with Gasteiger partial charge in [0.05, 0.1) is 12.8 Å². The average Bonchev–Trinajstić information content (AvgIpc) is 2.46. The molecule has 1 aliphatic heterocycles. The molecule has 1 heterocycles. The standard InChI is InChI=1S/C14H16N2O2S/c1-18-12-7-10(8-13(9-12)19-2)3-4-11-5-6-14(17)16-15-11/h3-4,7-9H,5-6H2,1-2H3,(H,16,17). The van der Waals surface area contributed by atoms with E-state index in [1.165, 1.54) is 0 Å². The van der Waals surface area contributed by atoms with Crippen LogP contribution in [0.5, 0.6) is 5.75 Å². The number of allylic oxidation sites excluding steroid dienone is 1. The molecule has 1 amide bonds. The van der Waals surface area contributed by atoms with Crippen LogP contribution in [0.3, 0.4) is 0 Å². The molecule has 0 spiro atoms. The van der Waals surface area contributed by atoms with Crippen LogP contribution in [0.4, 0.5) is 0 Å². The Morgan fingerprint density at radius 3 is 2.79 bits per heavy atom. The summed E-state index contributed by atoms with van der Waals surface area (Å²) in [6, 6.07) is 6.06. The van der Waals surface area contributed by atoms with E-state index in [9.17, 15) is 4.79 Å². The van der Waals surface area contributed by atoms with E-state index in [1.807, 2.05) is 30.5 Å². The van der Waals surface area contributed by atoms with Crippen LogP contribution in [-0.2, 0) is 4.79 Å². The smallest absolute Gasteiger partial charge is 0.240 e. The molecule has 2 rings (SSSR count). The first-order valence-electron chi connectivity index (χ1n) is 5.98. The summed E-state index contributed by atoms with van der Waals surface area (Å²) in [5.74, 6) is 0.814. The summed E-state index contributed by atoms with van der Waals surface area (Å²) in [5, 5.41) is 4.00. The summed E-state index contributed by atoms with van der Waals surface area (Å²) in [5.41, 5.74) is 4.42. The lowest BCUT2D eigenvalue weighted by molar-refractivity contribution is -0.121. The Morgan fingerprint density at radius 2 is 2.16 bits per heavy atom. The third-order valence-corrected chi connectivity index (χ3v) is 3.48. The van der Waals surface area contributed by atoms with Crippen molar-refractivity contribution in [1.82, 2.24) is 5.43 Å². The number of hydrogen-bond donors (Lipinski definition) is 1. The molecule has 5 heteroatoms. The third-order valence-electron chi connectivity index (χ3n) is 2.77. The van der Waals surface area contributed by atoms with Gasteiger partial charge >= 0.3 is 0 Å². The molecule has 0 unspecified atom stereocenters. The fraction of sp³-hybridized carbons (Fsp3) is 0.286. The summed E-state index contributed by atoms with van der Waals surface area (Å²) in [6.07, 6.45) is 7.12. The first-order chi connectivity index (χ1) is 9.21. The number of hydrazone groups is 1. The number of rotatable bonds is 4. The number of carbonyl (C=O) groups is 1. The summed E-state index contributed by atoms with van der Waals surface area (Å²) >= 11 is 1.67. The molecule has 100 valence electrons. The van der Waals surface area contributed by atoms with Crippen LogP contribution in [0.2, 0.25) is 0 Å². The van der Waals surface area contributed by atoms with Gasteiger partial charge in [-0.05, 0) is 36.1 Å². The number of ether oxygens (including phenoxy) is 1. The zero-order valence-electron chi connectivity index (χ0n) is 11.0. The van der Waals surface area contributed by atoms with Crippen molar-refractivity contribution in [3.05, 3.63) is 29.8 Å². The number of nitrogens with one attached hydrogen (secondary N) is 1. The topological polar surface area (TPSA) is 50.7 Å². The summed E-state index contributed by atoms with van der Waals surface area (Å²) in [7, 11) is 1.66. The third kappa shape index (κ3) is 3.86. The molecule has 0 aromatic heterocycles. The average molecular weight is 276 g/mol. The Bertz CT molecular complexity index is 516. The minimum Gasteiger partial charge on any atom is -0.497 e. The van der Waals surface area contributed by atoms with Crippen molar-refractivity contribution in [2.75, 3.05) is 13.4 Å². The molecule has 19 heavy (non-hydrogen) atoms. The number of hydrogen-bond acceptors (Lipinski definition) is 4. The highest BCUT2D eigenvalue weighted by atomic mass is 32.2. The highest BCUT2D eigenvalue weighted by Crippen LogP contribution is 2.24. The second-order valence-electron chi connectivity index (χ2n) is 4.12. The first kappa shape index (κ1) is 13.7. The molecule has 0 radical (unpaired) electrons. The molecule has 1 aromatic carbocycles. The molecule has 0 fully saturated rings. The van der Waals surface area contributed by atoms with Crippen molar-refractivity contribution < 1.29 is 9.53 Å². The van der Waals surface area contributed by atoms with Crippen molar-refractivity contribution in [3.63, 3.8) is 0 Å². The van der Waals surface area contributed by atoms with Crippen LogP contribution >= 0.6 is 11.8 Å². The van der Waals surface area contributed by atoms with Crippen LogP contribution in [0.1, 0.15) is 18.4 Å². The van der Waals surface area contributed by atoms with E-state index in [0.717, 1.165) is 21.9 Å². The van der Waals surface area contributed by atoms with Crippen LogP contribution in [0, 0.1) is 0 Å². The Hall–Kier alpha value is -1.75. The number of carbonyl (C=O) groups excluding carboxylic acids is 1. The molecule has 1 aromatic rings. The highest BCUT2D eigenvalue weighted by Gasteiger charge is 2.08. The van der Waals surface area contributed by atoms with Gasteiger partial charge in [0.15, 0.2) is 0 Å². The highest BCUT2D eigenvalue weighted by molar-refractivity contribution is 7.98. The summed E-state index contributed by atoms with van der Waals surface area (Å²) < 4.78 is 5.27. The van der Waals surface area contributed by atoms with E-state index in [1.54, 1.807) is 18.9 Å². The lowest BCUT2D eigenvalue weighted by Gasteiger charge is -2.08. The molecule has 0 atom stereocenters. The molecular formula is C14H16N2O2S. The number of benzene rings is 1. The SMILES string of the molecule is COc1cc(C=CC2=NNC(=O)CC2)cc(SC)c1. The molecule has 0 bridgehead atoms. The van der Waals surface area contributed by atoms with E-state index >= 15 is 0 Å². The van der Waals surface area contributed by atoms with E-state index < -0.39 is 0 Å². The number of amides is 1. The van der Waals surface area contributed by atoms with E-state index in [0.29, 0.717) is 12.8 Å². The van der Waals surface area contributed by atoms with E-state index in [2.05, 4.69) is 16.6 Å². The molecule has 0 aliphatic carbocycles. The van der Waals surface area contributed by atoms with E-state index in [4.69, 9.17) is 4.74 Å². The number of nitrogens with zero attached hydrogens (tertiary/aromatic N) is 1. The van der Waals surface area contributed by atoms with Crippen LogP contribution in [0.15, 0.2) is 34.3 Å². The van der Waals surface area contributed by atoms with Gasteiger partial charge in [-0.25, -0.2) is 5.43 Å². The van der Waals surface area contributed by atoms with Gasteiger partial charge in [-0.2, -0.15) is 5.10 Å². The Kier molecular flexibility index (Phi) is 4.63. The Labute approximate surface area is 116 Å². The largest absolute Gasteiger partial charge is 0.497 e. The maximum absolute atomic E-state index is 11.0. The van der Waals surface area contributed by atoms with Gasteiger partial charge < -0.3 is 4.74 Å². The van der Waals surface area contributed by atoms with Crippen LogP contribution in [-0.4, -0.2) is 25.0 Å².